The maximum Gasteiger partial charge on any atom is 0.330 e. The van der Waals surface area contributed by atoms with E-state index in [9.17, 15) is 19.5 Å². The number of aliphatic hydroxyl groups excluding tert-OH is 1. The quantitative estimate of drug-likeness (QED) is 0.273. The molecule has 12 heteroatoms. The van der Waals surface area contributed by atoms with Gasteiger partial charge in [0.2, 0.25) is 5.88 Å². The van der Waals surface area contributed by atoms with E-state index >= 15 is 0 Å². The highest BCUT2D eigenvalue weighted by Crippen LogP contribution is 2.39. The highest BCUT2D eigenvalue weighted by molar-refractivity contribution is 6.36. The van der Waals surface area contributed by atoms with Crippen molar-refractivity contribution < 1.29 is 19.4 Å². The monoisotopic (exact) mass is 619 g/mol. The Hall–Kier alpha value is -4.29. The Bertz CT molecular complexity index is 1840. The first-order valence-electron chi connectivity index (χ1n) is 14.1. The van der Waals surface area contributed by atoms with E-state index in [0.29, 0.717) is 54.0 Å². The number of rotatable bonds is 8. The molecule has 230 valence electrons. The number of halogens is 1. The summed E-state index contributed by atoms with van der Waals surface area (Å²) in [5.41, 5.74) is 3.56. The smallest absolute Gasteiger partial charge is 0.330 e. The van der Waals surface area contributed by atoms with E-state index in [-0.39, 0.29) is 11.6 Å². The van der Waals surface area contributed by atoms with Gasteiger partial charge in [0.1, 0.15) is 5.56 Å². The number of carbonyl (C=O) groups excluding carboxylic acids is 1. The van der Waals surface area contributed by atoms with Crippen molar-refractivity contribution in [3.05, 3.63) is 97.3 Å². The number of aryl methyl sites for hydroxylation is 1. The molecule has 5 rings (SSSR count). The lowest BCUT2D eigenvalue weighted by Crippen LogP contribution is -2.46. The molecule has 1 amide bonds. The molecule has 0 spiro atoms. The molecule has 1 fully saturated rings. The number of nitrogens with one attached hydrogen (secondary N) is 2. The third-order valence-electron chi connectivity index (χ3n) is 7.85. The summed E-state index contributed by atoms with van der Waals surface area (Å²) in [5, 5.41) is 16.8. The van der Waals surface area contributed by atoms with Crippen LogP contribution in [-0.2, 0) is 25.4 Å². The molecule has 2 aromatic carbocycles. The van der Waals surface area contributed by atoms with E-state index in [0.717, 1.165) is 26.8 Å². The maximum atomic E-state index is 13.1. The Morgan fingerprint density at radius 2 is 1.84 bits per heavy atom. The lowest BCUT2D eigenvalue weighted by atomic mass is 9.96. The van der Waals surface area contributed by atoms with E-state index in [2.05, 4.69) is 10.6 Å². The molecule has 1 aliphatic heterocycles. The number of hydrogen-bond donors (Lipinski definition) is 3. The van der Waals surface area contributed by atoms with Crippen molar-refractivity contribution in [1.29, 1.82) is 0 Å². The summed E-state index contributed by atoms with van der Waals surface area (Å²) in [6.07, 6.45) is 1.38. The molecule has 11 nitrogen and oxygen atoms in total. The Balaban J connectivity index is 1.42. The van der Waals surface area contributed by atoms with Gasteiger partial charge in [0.15, 0.2) is 0 Å². The van der Waals surface area contributed by atoms with Crippen LogP contribution in [0.4, 0.5) is 5.69 Å². The molecule has 2 aromatic heterocycles. The number of aliphatic hydroxyl groups is 1. The van der Waals surface area contributed by atoms with Crippen molar-refractivity contribution in [3.63, 3.8) is 0 Å². The Morgan fingerprint density at radius 1 is 1.11 bits per heavy atom. The number of carbonyl (C=O) groups is 1. The van der Waals surface area contributed by atoms with E-state index in [4.69, 9.17) is 26.1 Å². The van der Waals surface area contributed by atoms with Crippen molar-refractivity contribution in [2.75, 3.05) is 25.6 Å². The molecule has 0 saturated carbocycles. The molecule has 3 N–H and O–H groups in total. The number of ether oxygens (including phenoxy) is 2. The number of aromatic nitrogens is 3. The van der Waals surface area contributed by atoms with Crippen molar-refractivity contribution in [2.45, 2.75) is 32.0 Å². The third-order valence-corrected chi connectivity index (χ3v) is 8.26. The standard InChI is InChI=1S/C32H34ClN5O6/c1-18-20(7-6-10-24(18)35-29(40)23-16-37(2)32(42)38(3)31(23)41)21-8-5-9-22(28(21)33)25-12-11-19(30(36-25)43-4)15-34-26-13-14-44-17-27(26)39/h5-12,16,26-27,34,39H,13-15,17H2,1-4H3,(H,35,40)/t26?,27-/m0/s1. The Kier molecular flexibility index (Phi) is 9.31. The average Bonchev–Trinajstić information content (AvgIpc) is 3.02. The molecular formula is C32H34ClN5O6. The predicted molar refractivity (Wildman–Crippen MR) is 168 cm³/mol. The number of amides is 1. The molecule has 2 atom stereocenters. The van der Waals surface area contributed by atoms with Crippen molar-refractivity contribution in [3.8, 4) is 28.3 Å². The minimum Gasteiger partial charge on any atom is -0.481 e. The first-order chi connectivity index (χ1) is 21.1. The maximum absolute atomic E-state index is 13.1. The average molecular weight is 620 g/mol. The van der Waals surface area contributed by atoms with E-state index in [1.165, 1.54) is 24.9 Å². The van der Waals surface area contributed by atoms with Gasteiger partial charge in [0.05, 0.1) is 30.5 Å². The van der Waals surface area contributed by atoms with Crippen LogP contribution in [0.2, 0.25) is 5.02 Å². The van der Waals surface area contributed by atoms with Gasteiger partial charge in [-0.2, -0.15) is 0 Å². The van der Waals surface area contributed by atoms with Crippen LogP contribution in [0.25, 0.3) is 22.4 Å². The predicted octanol–water partition coefficient (Wildman–Crippen LogP) is 3.28. The number of anilines is 1. The molecule has 44 heavy (non-hydrogen) atoms. The van der Waals surface area contributed by atoms with E-state index in [1.54, 1.807) is 19.2 Å². The number of hydrogen-bond acceptors (Lipinski definition) is 8. The molecule has 1 aliphatic rings. The van der Waals surface area contributed by atoms with Crippen molar-refractivity contribution in [1.82, 2.24) is 19.4 Å². The van der Waals surface area contributed by atoms with Crippen LogP contribution < -0.4 is 26.6 Å². The van der Waals surface area contributed by atoms with E-state index in [1.807, 2.05) is 43.3 Å². The van der Waals surface area contributed by atoms with Gasteiger partial charge in [0.25, 0.3) is 11.5 Å². The topological polar surface area (TPSA) is 137 Å². The normalized spacial score (nSPS) is 16.5. The molecular weight excluding hydrogens is 586 g/mol. The van der Waals surface area contributed by atoms with Crippen LogP contribution in [-0.4, -0.2) is 57.6 Å². The van der Waals surface area contributed by atoms with Gasteiger partial charge in [0, 0.05) is 61.9 Å². The second kappa shape index (κ2) is 13.1. The molecule has 0 bridgehead atoms. The largest absolute Gasteiger partial charge is 0.481 e. The van der Waals surface area contributed by atoms with E-state index < -0.39 is 23.3 Å². The van der Waals surface area contributed by atoms with Crippen LogP contribution in [0.3, 0.4) is 0 Å². The number of nitrogens with zero attached hydrogens (tertiary/aromatic N) is 3. The summed E-state index contributed by atoms with van der Waals surface area (Å²) in [6, 6.07) is 14.8. The zero-order valence-electron chi connectivity index (χ0n) is 24.9. The first kappa shape index (κ1) is 31.1. The highest BCUT2D eigenvalue weighted by atomic mass is 35.5. The van der Waals surface area contributed by atoms with Gasteiger partial charge in [-0.15, -0.1) is 0 Å². The third kappa shape index (κ3) is 6.18. The van der Waals surface area contributed by atoms with Crippen LogP contribution >= 0.6 is 11.6 Å². The fourth-order valence-corrected chi connectivity index (χ4v) is 5.61. The molecule has 0 aliphatic carbocycles. The highest BCUT2D eigenvalue weighted by Gasteiger charge is 2.24. The summed E-state index contributed by atoms with van der Waals surface area (Å²) in [7, 11) is 4.37. The van der Waals surface area contributed by atoms with Crippen molar-refractivity contribution in [2.24, 2.45) is 14.1 Å². The summed E-state index contributed by atoms with van der Waals surface area (Å²) in [6.45, 7) is 3.23. The Morgan fingerprint density at radius 3 is 2.59 bits per heavy atom. The van der Waals surface area contributed by atoms with Gasteiger partial charge < -0.3 is 29.8 Å². The number of methoxy groups -OCH3 is 1. The van der Waals surface area contributed by atoms with Gasteiger partial charge >= 0.3 is 5.69 Å². The summed E-state index contributed by atoms with van der Waals surface area (Å²) >= 11 is 6.99. The summed E-state index contributed by atoms with van der Waals surface area (Å²) in [4.78, 5) is 42.5. The SMILES string of the molecule is COc1nc(-c2cccc(-c3cccc(NC(=O)c4cn(C)c(=O)n(C)c4=O)c3C)c2Cl)ccc1CNC1CCOC[C@@H]1O. The van der Waals surface area contributed by atoms with Gasteiger partial charge in [-0.25, -0.2) is 9.78 Å². The van der Waals surface area contributed by atoms with Crippen molar-refractivity contribution >= 4 is 23.2 Å². The van der Waals surface area contributed by atoms with Crippen LogP contribution in [0.5, 0.6) is 5.88 Å². The zero-order valence-corrected chi connectivity index (χ0v) is 25.6. The fraction of sp³-hybridized carbons (Fsp3) is 0.312. The second-order valence-corrected chi connectivity index (χ2v) is 11.1. The summed E-state index contributed by atoms with van der Waals surface area (Å²) < 4.78 is 13.0. The Labute approximate surface area is 259 Å². The van der Waals surface area contributed by atoms with Gasteiger partial charge in [-0.3, -0.25) is 14.2 Å². The van der Waals surface area contributed by atoms with Gasteiger partial charge in [-0.05, 0) is 36.6 Å². The molecule has 3 heterocycles. The number of benzene rings is 2. The molecule has 1 unspecified atom stereocenters. The lowest BCUT2D eigenvalue weighted by Gasteiger charge is -2.28. The second-order valence-electron chi connectivity index (χ2n) is 10.7. The summed E-state index contributed by atoms with van der Waals surface area (Å²) in [5.74, 6) is -0.179. The zero-order chi connectivity index (χ0) is 31.5. The fourth-order valence-electron chi connectivity index (χ4n) is 5.29. The van der Waals surface area contributed by atoms with Crippen LogP contribution in [0.15, 0.2) is 64.3 Å². The molecule has 1 saturated heterocycles. The molecule has 0 radical (unpaired) electrons. The lowest BCUT2D eigenvalue weighted by molar-refractivity contribution is -0.0281. The van der Waals surface area contributed by atoms with Crippen LogP contribution in [0, 0.1) is 6.92 Å². The van der Waals surface area contributed by atoms with Gasteiger partial charge in [-0.1, -0.05) is 48.0 Å². The number of pyridine rings is 1. The van der Waals surface area contributed by atoms with Crippen LogP contribution in [0.1, 0.15) is 27.9 Å². The molecule has 4 aromatic rings. The minimum absolute atomic E-state index is 0.0743. The first-order valence-corrected chi connectivity index (χ1v) is 14.5. The minimum atomic E-state index is -0.680.